The second-order valence-corrected chi connectivity index (χ2v) is 5.21. The summed E-state index contributed by atoms with van der Waals surface area (Å²) in [4.78, 5) is 14.3. The van der Waals surface area contributed by atoms with Crippen LogP contribution in [0.3, 0.4) is 0 Å². The van der Waals surface area contributed by atoms with Crippen LogP contribution in [0.1, 0.15) is 37.8 Å². The summed E-state index contributed by atoms with van der Waals surface area (Å²) in [5.74, 6) is 0.127. The lowest BCUT2D eigenvalue weighted by Crippen LogP contribution is -2.49. The Balaban J connectivity index is 2.17. The summed E-state index contributed by atoms with van der Waals surface area (Å²) >= 11 is 0. The molecule has 4 heteroatoms. The topological polar surface area (TPSA) is 58.4 Å². The van der Waals surface area contributed by atoms with Gasteiger partial charge in [0.25, 0.3) is 0 Å². The van der Waals surface area contributed by atoms with E-state index in [0.29, 0.717) is 0 Å². The molecule has 19 heavy (non-hydrogen) atoms. The number of carbonyl (C=O) groups excluding carboxylic acids is 1. The first kappa shape index (κ1) is 13.9. The van der Waals surface area contributed by atoms with Gasteiger partial charge in [-0.1, -0.05) is 18.6 Å². The van der Waals surface area contributed by atoms with Crippen molar-refractivity contribution in [1.29, 1.82) is 0 Å². The van der Waals surface area contributed by atoms with Crippen molar-refractivity contribution in [2.24, 2.45) is 0 Å². The molecule has 104 valence electrons. The van der Waals surface area contributed by atoms with Crippen molar-refractivity contribution < 1.29 is 4.79 Å². The number of anilines is 1. The molecular formula is C15H23N3O. The fraction of sp³-hybridized carbons (Fsp3) is 0.533. The zero-order valence-electron chi connectivity index (χ0n) is 11.7. The van der Waals surface area contributed by atoms with Crippen molar-refractivity contribution in [1.82, 2.24) is 10.2 Å². The number of nitrogens with two attached hydrogens (primary N) is 1. The average Bonchev–Trinajstić information content (AvgIpc) is 2.46. The van der Waals surface area contributed by atoms with E-state index in [1.807, 2.05) is 12.1 Å². The summed E-state index contributed by atoms with van der Waals surface area (Å²) in [7, 11) is 1.71. The van der Waals surface area contributed by atoms with Gasteiger partial charge in [-0.2, -0.15) is 0 Å². The van der Waals surface area contributed by atoms with Crippen LogP contribution in [0, 0.1) is 0 Å². The highest BCUT2D eigenvalue weighted by Gasteiger charge is 2.31. The van der Waals surface area contributed by atoms with Crippen LogP contribution < -0.4 is 11.1 Å². The highest BCUT2D eigenvalue weighted by molar-refractivity contribution is 5.81. The molecule has 4 nitrogen and oxygen atoms in total. The number of nitrogens with one attached hydrogen (secondary N) is 1. The summed E-state index contributed by atoms with van der Waals surface area (Å²) in [6, 6.07) is 8.18. The van der Waals surface area contributed by atoms with Crippen molar-refractivity contribution in [3.05, 3.63) is 29.8 Å². The third kappa shape index (κ3) is 3.07. The largest absolute Gasteiger partial charge is 0.399 e. The van der Waals surface area contributed by atoms with E-state index in [2.05, 4.69) is 29.3 Å². The molecule has 1 amide bonds. The van der Waals surface area contributed by atoms with E-state index >= 15 is 0 Å². The predicted molar refractivity (Wildman–Crippen MR) is 77.7 cm³/mol. The lowest BCUT2D eigenvalue weighted by molar-refractivity contribution is -0.128. The molecule has 2 unspecified atom stereocenters. The SMILES string of the molecule is CNC(=O)C1CCCCN1C(C)c1ccc(N)cc1. The molecule has 1 aromatic rings. The summed E-state index contributed by atoms with van der Waals surface area (Å²) in [5.41, 5.74) is 7.71. The molecule has 0 aliphatic carbocycles. The molecule has 0 saturated carbocycles. The molecule has 1 saturated heterocycles. The van der Waals surface area contributed by atoms with Gasteiger partial charge in [0.15, 0.2) is 0 Å². The first-order valence-corrected chi connectivity index (χ1v) is 6.96. The molecular weight excluding hydrogens is 238 g/mol. The number of amides is 1. The Morgan fingerprint density at radius 3 is 2.68 bits per heavy atom. The molecule has 1 aliphatic heterocycles. The Kier molecular flexibility index (Phi) is 4.43. The average molecular weight is 261 g/mol. The molecule has 1 heterocycles. The van der Waals surface area contributed by atoms with Gasteiger partial charge in [0.2, 0.25) is 5.91 Å². The molecule has 0 bridgehead atoms. The van der Waals surface area contributed by atoms with Crippen LogP contribution in [-0.4, -0.2) is 30.4 Å². The van der Waals surface area contributed by atoms with Gasteiger partial charge < -0.3 is 11.1 Å². The Morgan fingerprint density at radius 1 is 1.37 bits per heavy atom. The first-order valence-electron chi connectivity index (χ1n) is 6.96. The number of rotatable bonds is 3. The second kappa shape index (κ2) is 6.06. The minimum absolute atomic E-state index is 0.00805. The Hall–Kier alpha value is -1.55. The van der Waals surface area contributed by atoms with Crippen molar-refractivity contribution in [2.75, 3.05) is 19.3 Å². The van der Waals surface area contributed by atoms with Crippen LogP contribution >= 0.6 is 0 Å². The fourth-order valence-corrected chi connectivity index (χ4v) is 2.83. The van der Waals surface area contributed by atoms with Crippen molar-refractivity contribution in [2.45, 2.75) is 38.3 Å². The molecule has 0 aromatic heterocycles. The number of hydrogen-bond acceptors (Lipinski definition) is 3. The molecule has 0 radical (unpaired) electrons. The van der Waals surface area contributed by atoms with Gasteiger partial charge >= 0.3 is 0 Å². The van der Waals surface area contributed by atoms with Gasteiger partial charge in [0.1, 0.15) is 0 Å². The number of nitrogen functional groups attached to an aromatic ring is 1. The normalized spacial score (nSPS) is 21.9. The summed E-state index contributed by atoms with van der Waals surface area (Å²) in [6.45, 7) is 3.14. The van der Waals surface area contributed by atoms with Crippen LogP contribution in [0.4, 0.5) is 5.69 Å². The minimum atomic E-state index is -0.00805. The Morgan fingerprint density at radius 2 is 2.05 bits per heavy atom. The molecule has 2 atom stereocenters. The van der Waals surface area contributed by atoms with Crippen molar-refractivity contribution in [3.63, 3.8) is 0 Å². The van der Waals surface area contributed by atoms with Crippen LogP contribution in [0.2, 0.25) is 0 Å². The molecule has 3 N–H and O–H groups in total. The molecule has 1 fully saturated rings. The summed E-state index contributed by atoms with van der Waals surface area (Å²) < 4.78 is 0. The van der Waals surface area contributed by atoms with Gasteiger partial charge in [-0.05, 0) is 44.0 Å². The number of hydrogen-bond donors (Lipinski definition) is 2. The molecule has 1 aliphatic rings. The third-order valence-electron chi connectivity index (χ3n) is 4.01. The number of likely N-dealkylation sites (tertiary alicyclic amines) is 1. The Labute approximate surface area is 115 Å². The van der Waals surface area contributed by atoms with E-state index in [1.54, 1.807) is 7.05 Å². The minimum Gasteiger partial charge on any atom is -0.399 e. The number of benzene rings is 1. The van der Waals surface area contributed by atoms with Gasteiger partial charge in [0, 0.05) is 18.8 Å². The summed E-state index contributed by atoms with van der Waals surface area (Å²) in [5, 5.41) is 2.78. The van der Waals surface area contributed by atoms with Crippen LogP contribution in [0.15, 0.2) is 24.3 Å². The monoisotopic (exact) mass is 261 g/mol. The number of nitrogens with zero attached hydrogens (tertiary/aromatic N) is 1. The fourth-order valence-electron chi connectivity index (χ4n) is 2.83. The second-order valence-electron chi connectivity index (χ2n) is 5.21. The predicted octanol–water partition coefficient (Wildman–Crippen LogP) is 1.93. The van der Waals surface area contributed by atoms with E-state index in [0.717, 1.165) is 31.5 Å². The van der Waals surface area contributed by atoms with Crippen molar-refractivity contribution >= 4 is 11.6 Å². The van der Waals surface area contributed by atoms with E-state index in [9.17, 15) is 4.79 Å². The van der Waals surface area contributed by atoms with Gasteiger partial charge in [-0.3, -0.25) is 9.69 Å². The van der Waals surface area contributed by atoms with E-state index in [-0.39, 0.29) is 18.0 Å². The van der Waals surface area contributed by atoms with Gasteiger partial charge in [-0.15, -0.1) is 0 Å². The van der Waals surface area contributed by atoms with Gasteiger partial charge in [-0.25, -0.2) is 0 Å². The van der Waals surface area contributed by atoms with E-state index in [4.69, 9.17) is 5.73 Å². The standard InChI is InChI=1S/C15H23N3O/c1-11(12-6-8-13(16)9-7-12)18-10-4-3-5-14(18)15(19)17-2/h6-9,11,14H,3-5,10,16H2,1-2H3,(H,17,19). The quantitative estimate of drug-likeness (QED) is 0.817. The molecule has 1 aromatic carbocycles. The third-order valence-corrected chi connectivity index (χ3v) is 4.01. The van der Waals surface area contributed by atoms with Crippen LogP contribution in [-0.2, 0) is 4.79 Å². The maximum absolute atomic E-state index is 12.0. The lowest BCUT2D eigenvalue weighted by atomic mass is 9.96. The maximum atomic E-state index is 12.0. The van der Waals surface area contributed by atoms with E-state index in [1.165, 1.54) is 5.56 Å². The Bertz CT molecular complexity index is 430. The zero-order chi connectivity index (χ0) is 13.8. The van der Waals surface area contributed by atoms with Crippen molar-refractivity contribution in [3.8, 4) is 0 Å². The highest BCUT2D eigenvalue weighted by atomic mass is 16.2. The lowest BCUT2D eigenvalue weighted by Gasteiger charge is -2.39. The van der Waals surface area contributed by atoms with Crippen LogP contribution in [0.5, 0.6) is 0 Å². The van der Waals surface area contributed by atoms with E-state index < -0.39 is 0 Å². The summed E-state index contributed by atoms with van der Waals surface area (Å²) in [6.07, 6.45) is 3.23. The molecule has 0 spiro atoms. The first-order chi connectivity index (χ1) is 9.13. The maximum Gasteiger partial charge on any atom is 0.237 e. The highest BCUT2D eigenvalue weighted by Crippen LogP contribution is 2.28. The zero-order valence-corrected chi connectivity index (χ0v) is 11.7. The molecule has 2 rings (SSSR count). The number of piperidine rings is 1. The number of likely N-dealkylation sites (N-methyl/N-ethyl adjacent to an activating group) is 1. The smallest absolute Gasteiger partial charge is 0.237 e. The number of carbonyl (C=O) groups is 1. The van der Waals surface area contributed by atoms with Crippen LogP contribution in [0.25, 0.3) is 0 Å². The van der Waals surface area contributed by atoms with Gasteiger partial charge in [0.05, 0.1) is 6.04 Å².